The number of thioether (sulfide) groups is 1. The van der Waals surface area contributed by atoms with Crippen LogP contribution in [-0.4, -0.2) is 22.7 Å². The van der Waals surface area contributed by atoms with E-state index in [9.17, 15) is 4.79 Å². The molecule has 0 bridgehead atoms. The van der Waals surface area contributed by atoms with Gasteiger partial charge in [0.1, 0.15) is 5.52 Å². The van der Waals surface area contributed by atoms with Crippen LogP contribution in [-0.2, 0) is 5.41 Å². The number of hydrogen-bond acceptors (Lipinski definition) is 5. The third-order valence-corrected chi connectivity index (χ3v) is 5.85. The van der Waals surface area contributed by atoms with E-state index in [4.69, 9.17) is 20.4 Å². The number of oxazole rings is 1. The van der Waals surface area contributed by atoms with Gasteiger partial charge in [0.25, 0.3) is 5.91 Å². The molecule has 0 spiro atoms. The third-order valence-electron chi connectivity index (χ3n) is 4.99. The second kappa shape index (κ2) is 4.58. The van der Waals surface area contributed by atoms with Crippen LogP contribution in [0, 0.1) is 0 Å². The molecule has 2 aliphatic carbocycles. The minimum Gasteiger partial charge on any atom is -0.445 e. The van der Waals surface area contributed by atoms with Gasteiger partial charge in [-0.05, 0) is 43.4 Å². The quantitative estimate of drug-likeness (QED) is 0.712. The van der Waals surface area contributed by atoms with Crippen LogP contribution >= 0.6 is 23.4 Å². The van der Waals surface area contributed by atoms with Gasteiger partial charge in [-0.1, -0.05) is 23.4 Å². The lowest BCUT2D eigenvalue weighted by Gasteiger charge is -2.03. The number of fused-ring (bicyclic) bond motifs is 2. The highest BCUT2D eigenvalue weighted by Gasteiger charge is 2.87. The minimum atomic E-state index is -0.235. The summed E-state index contributed by atoms with van der Waals surface area (Å²) in [6, 6.07) is 8.91. The van der Waals surface area contributed by atoms with Crippen LogP contribution in [0.4, 0.5) is 0 Å². The maximum absolute atomic E-state index is 12.4. The average Bonchev–Trinajstić information content (AvgIpc) is 3.13. The van der Waals surface area contributed by atoms with Crippen molar-refractivity contribution in [3.05, 3.63) is 47.0 Å². The van der Waals surface area contributed by atoms with Gasteiger partial charge in [0.15, 0.2) is 16.4 Å². The molecule has 2 aromatic heterocycles. The fraction of sp³-hybridized carbons (Fsp3) is 0.294. The lowest BCUT2D eigenvalue weighted by Crippen LogP contribution is -2.30. The summed E-state index contributed by atoms with van der Waals surface area (Å²) in [6.07, 6.45) is 3.61. The van der Waals surface area contributed by atoms with Gasteiger partial charge in [-0.2, -0.15) is 0 Å². The summed E-state index contributed by atoms with van der Waals surface area (Å²) in [5, 5.41) is 4.43. The Kier molecular flexibility index (Phi) is 2.75. The Bertz CT molecular complexity index is 987. The molecular formula is C17H13ClN2O3S. The van der Waals surface area contributed by atoms with Crippen molar-refractivity contribution in [2.45, 2.75) is 28.9 Å². The molecule has 2 fully saturated rings. The Hall–Kier alpha value is -1.92. The number of amides is 1. The first-order valence-corrected chi connectivity index (χ1v) is 9.18. The van der Waals surface area contributed by atoms with E-state index in [-0.39, 0.29) is 16.9 Å². The largest absolute Gasteiger partial charge is 0.445 e. The molecule has 5 rings (SSSR count). The van der Waals surface area contributed by atoms with Crippen molar-refractivity contribution >= 4 is 40.4 Å². The summed E-state index contributed by atoms with van der Waals surface area (Å²) in [4.78, 5) is 16.9. The number of nitrogens with zero attached hydrogens (tertiary/aromatic N) is 1. The van der Waals surface area contributed by atoms with E-state index >= 15 is 0 Å². The van der Waals surface area contributed by atoms with E-state index in [1.807, 2.05) is 12.3 Å². The molecule has 2 saturated carbocycles. The molecule has 3 aromatic rings. The first-order chi connectivity index (χ1) is 11.6. The molecule has 0 aliphatic heterocycles. The number of rotatable bonds is 4. The second-order valence-electron chi connectivity index (χ2n) is 6.43. The monoisotopic (exact) mass is 360 g/mol. The summed E-state index contributed by atoms with van der Waals surface area (Å²) < 4.78 is 11.4. The standard InChI is InChI=1S/C17H13ClN2O3S/c1-24-13-5-4-11(22-13)14(21)20-17-7-16(17,8-17)15-19-10-3-2-9(18)6-12(10)23-15/h2-6H,7-8H2,1H3,(H,20,21). The molecule has 1 amide bonds. The van der Waals surface area contributed by atoms with E-state index in [1.165, 1.54) is 11.8 Å². The molecular weight excluding hydrogens is 348 g/mol. The van der Waals surface area contributed by atoms with Gasteiger partial charge in [-0.15, -0.1) is 0 Å². The fourth-order valence-electron chi connectivity index (χ4n) is 3.39. The fourth-order valence-corrected chi connectivity index (χ4v) is 3.93. The molecule has 0 radical (unpaired) electrons. The predicted molar refractivity (Wildman–Crippen MR) is 90.6 cm³/mol. The van der Waals surface area contributed by atoms with E-state index < -0.39 is 0 Å². The van der Waals surface area contributed by atoms with Crippen LogP contribution in [0.2, 0.25) is 5.02 Å². The van der Waals surface area contributed by atoms with Crippen LogP contribution in [0.15, 0.2) is 44.3 Å². The SMILES string of the molecule is CSc1ccc(C(=O)NC23CC2(c2nc4ccc(Cl)cc4o2)C3)o1. The van der Waals surface area contributed by atoms with Gasteiger partial charge < -0.3 is 14.2 Å². The van der Waals surface area contributed by atoms with Crippen molar-refractivity contribution in [1.29, 1.82) is 0 Å². The normalized spacial score (nSPS) is 27.1. The van der Waals surface area contributed by atoms with E-state index in [0.29, 0.717) is 22.3 Å². The number of benzene rings is 1. The Morgan fingerprint density at radius 1 is 1.29 bits per heavy atom. The summed E-state index contributed by atoms with van der Waals surface area (Å²) in [5.74, 6) is 0.837. The summed E-state index contributed by atoms with van der Waals surface area (Å²) in [7, 11) is 0. The number of aromatic nitrogens is 1. The molecule has 24 heavy (non-hydrogen) atoms. The lowest BCUT2D eigenvalue weighted by molar-refractivity contribution is 0.0909. The zero-order valence-corrected chi connectivity index (χ0v) is 14.3. The van der Waals surface area contributed by atoms with E-state index in [1.54, 1.807) is 24.3 Å². The van der Waals surface area contributed by atoms with Crippen molar-refractivity contribution < 1.29 is 13.6 Å². The van der Waals surface area contributed by atoms with Crippen LogP contribution in [0.3, 0.4) is 0 Å². The molecule has 2 heterocycles. The van der Waals surface area contributed by atoms with Gasteiger partial charge in [0.05, 0.1) is 11.0 Å². The van der Waals surface area contributed by atoms with Crippen molar-refractivity contribution in [2.24, 2.45) is 0 Å². The highest BCUT2D eigenvalue weighted by atomic mass is 35.5. The Morgan fingerprint density at radius 3 is 2.88 bits per heavy atom. The molecule has 0 saturated heterocycles. The molecule has 7 heteroatoms. The third kappa shape index (κ3) is 1.90. The first kappa shape index (κ1) is 14.4. The zero-order valence-electron chi connectivity index (χ0n) is 12.8. The van der Waals surface area contributed by atoms with E-state index in [0.717, 1.165) is 23.5 Å². The Labute approximate surface area is 146 Å². The number of halogens is 1. The molecule has 1 N–H and O–H groups in total. The van der Waals surface area contributed by atoms with Gasteiger partial charge in [-0.3, -0.25) is 4.79 Å². The van der Waals surface area contributed by atoms with Gasteiger partial charge in [0.2, 0.25) is 5.89 Å². The molecule has 0 atom stereocenters. The lowest BCUT2D eigenvalue weighted by atomic mass is 10.2. The van der Waals surface area contributed by atoms with Crippen molar-refractivity contribution in [3.8, 4) is 0 Å². The minimum absolute atomic E-state index is 0.164. The second-order valence-corrected chi connectivity index (χ2v) is 7.67. The maximum Gasteiger partial charge on any atom is 0.287 e. The van der Waals surface area contributed by atoms with Crippen LogP contribution < -0.4 is 5.32 Å². The topological polar surface area (TPSA) is 68.3 Å². The van der Waals surface area contributed by atoms with Crippen molar-refractivity contribution in [2.75, 3.05) is 6.26 Å². The zero-order chi connectivity index (χ0) is 16.5. The molecule has 1 aromatic carbocycles. The van der Waals surface area contributed by atoms with Gasteiger partial charge >= 0.3 is 0 Å². The molecule has 0 unspecified atom stereocenters. The predicted octanol–water partition coefficient (Wildman–Crippen LogP) is 4.01. The number of furan rings is 1. The van der Waals surface area contributed by atoms with Crippen LogP contribution in [0.25, 0.3) is 11.1 Å². The van der Waals surface area contributed by atoms with Gasteiger partial charge in [0, 0.05) is 11.1 Å². The molecule has 122 valence electrons. The number of nitrogens with one attached hydrogen (secondary N) is 1. The van der Waals surface area contributed by atoms with Crippen LogP contribution in [0.1, 0.15) is 29.3 Å². The molecule has 5 nitrogen and oxygen atoms in total. The van der Waals surface area contributed by atoms with Gasteiger partial charge in [-0.25, -0.2) is 4.98 Å². The summed E-state index contributed by atoms with van der Waals surface area (Å²) in [6.45, 7) is 0. The van der Waals surface area contributed by atoms with Crippen LogP contribution in [0.5, 0.6) is 0 Å². The number of carbonyl (C=O) groups is 1. The summed E-state index contributed by atoms with van der Waals surface area (Å²) in [5.41, 5.74) is 1.07. The Balaban J connectivity index is 1.37. The smallest absolute Gasteiger partial charge is 0.287 e. The van der Waals surface area contributed by atoms with Crippen molar-refractivity contribution in [3.63, 3.8) is 0 Å². The van der Waals surface area contributed by atoms with Crippen molar-refractivity contribution in [1.82, 2.24) is 10.3 Å². The molecule has 2 aliphatic rings. The van der Waals surface area contributed by atoms with E-state index in [2.05, 4.69) is 10.3 Å². The maximum atomic E-state index is 12.4. The average molecular weight is 361 g/mol. The first-order valence-electron chi connectivity index (χ1n) is 7.58. The number of hydrogen-bond donors (Lipinski definition) is 1. The highest BCUT2D eigenvalue weighted by molar-refractivity contribution is 7.98. The Morgan fingerprint density at radius 2 is 2.12 bits per heavy atom. The number of carbonyl (C=O) groups excluding carboxylic acids is 1. The summed E-state index contributed by atoms with van der Waals surface area (Å²) >= 11 is 7.46. The highest BCUT2D eigenvalue weighted by Crippen LogP contribution is 2.78.